The number of rotatable bonds is 3. The Hall–Kier alpha value is -2.55. The van der Waals surface area contributed by atoms with E-state index < -0.39 is 0 Å². The van der Waals surface area contributed by atoms with Crippen LogP contribution in [-0.2, 0) is 0 Å². The molecule has 1 heterocycles. The van der Waals surface area contributed by atoms with E-state index >= 15 is 0 Å². The van der Waals surface area contributed by atoms with Crippen LogP contribution in [0.1, 0.15) is 5.69 Å². The van der Waals surface area contributed by atoms with Crippen LogP contribution in [0.3, 0.4) is 0 Å². The van der Waals surface area contributed by atoms with Crippen LogP contribution in [0.4, 0.5) is 0 Å². The number of ether oxygens (including phenoxy) is 2. The summed E-state index contributed by atoms with van der Waals surface area (Å²) in [6.07, 6.45) is 0. The maximum Gasteiger partial charge on any atom is 0.119 e. The average Bonchev–Trinajstić information content (AvgIpc) is 2.54. The minimum atomic E-state index is 0.845. The highest BCUT2D eigenvalue weighted by atomic mass is 16.5. The number of hydrogen-bond donors (Lipinski definition) is 0. The van der Waals surface area contributed by atoms with E-state index in [1.807, 2.05) is 49.4 Å². The molecule has 106 valence electrons. The standard InChI is InChI=1S/C18H17NO2/c1-12-17-9-8-16(21-3)10-14(17)11-18(19-12)13-4-6-15(20-2)7-5-13/h4-11H,1-3H3. The van der Waals surface area contributed by atoms with Crippen LogP contribution in [0, 0.1) is 6.92 Å². The molecule has 0 unspecified atom stereocenters. The first kappa shape index (κ1) is 13.4. The van der Waals surface area contributed by atoms with E-state index in [1.165, 1.54) is 0 Å². The second-order valence-corrected chi connectivity index (χ2v) is 4.91. The number of benzene rings is 2. The summed E-state index contributed by atoms with van der Waals surface area (Å²) in [6, 6.07) is 16.1. The number of fused-ring (bicyclic) bond motifs is 1. The van der Waals surface area contributed by atoms with E-state index in [1.54, 1.807) is 14.2 Å². The van der Waals surface area contributed by atoms with E-state index in [2.05, 4.69) is 6.07 Å². The molecule has 21 heavy (non-hydrogen) atoms. The van der Waals surface area contributed by atoms with E-state index in [0.717, 1.165) is 39.2 Å². The molecule has 3 heteroatoms. The van der Waals surface area contributed by atoms with Crippen molar-refractivity contribution in [3.05, 3.63) is 54.2 Å². The fraction of sp³-hybridized carbons (Fsp3) is 0.167. The molecule has 3 rings (SSSR count). The van der Waals surface area contributed by atoms with Gasteiger partial charge in [-0.1, -0.05) is 0 Å². The Bertz CT molecular complexity index is 779. The molecule has 0 aliphatic rings. The highest BCUT2D eigenvalue weighted by molar-refractivity contribution is 5.88. The smallest absolute Gasteiger partial charge is 0.119 e. The van der Waals surface area contributed by atoms with Crippen molar-refractivity contribution < 1.29 is 9.47 Å². The van der Waals surface area contributed by atoms with Crippen molar-refractivity contribution in [2.24, 2.45) is 0 Å². The zero-order chi connectivity index (χ0) is 14.8. The highest BCUT2D eigenvalue weighted by Crippen LogP contribution is 2.28. The van der Waals surface area contributed by atoms with Crippen LogP contribution in [0.2, 0.25) is 0 Å². The number of methoxy groups -OCH3 is 2. The molecule has 2 aromatic carbocycles. The van der Waals surface area contributed by atoms with Gasteiger partial charge in [-0.15, -0.1) is 0 Å². The first-order valence-electron chi connectivity index (χ1n) is 6.81. The lowest BCUT2D eigenvalue weighted by molar-refractivity contribution is 0.415. The molecular weight excluding hydrogens is 262 g/mol. The SMILES string of the molecule is COc1ccc(-c2cc3cc(OC)ccc3c(C)n2)cc1. The molecule has 0 aliphatic carbocycles. The second-order valence-electron chi connectivity index (χ2n) is 4.91. The molecule has 0 saturated carbocycles. The largest absolute Gasteiger partial charge is 0.497 e. The Labute approximate surface area is 124 Å². The molecule has 0 bridgehead atoms. The summed E-state index contributed by atoms with van der Waals surface area (Å²) in [5, 5.41) is 2.28. The molecular formula is C18H17NO2. The lowest BCUT2D eigenvalue weighted by Gasteiger charge is -2.09. The van der Waals surface area contributed by atoms with Gasteiger partial charge in [0.25, 0.3) is 0 Å². The van der Waals surface area contributed by atoms with Gasteiger partial charge < -0.3 is 9.47 Å². The molecule has 0 fully saturated rings. The quantitative estimate of drug-likeness (QED) is 0.719. The molecule has 0 saturated heterocycles. The van der Waals surface area contributed by atoms with Gasteiger partial charge in [0, 0.05) is 16.6 Å². The molecule has 1 aromatic heterocycles. The van der Waals surface area contributed by atoms with Crippen molar-refractivity contribution in [2.75, 3.05) is 14.2 Å². The maximum atomic E-state index is 5.30. The number of nitrogens with zero attached hydrogens (tertiary/aromatic N) is 1. The van der Waals surface area contributed by atoms with Crippen molar-refractivity contribution in [2.45, 2.75) is 6.92 Å². The molecule has 0 spiro atoms. The van der Waals surface area contributed by atoms with Gasteiger partial charge >= 0.3 is 0 Å². The molecule has 0 amide bonds. The maximum absolute atomic E-state index is 5.30. The number of aromatic nitrogens is 1. The van der Waals surface area contributed by atoms with Crippen LogP contribution in [-0.4, -0.2) is 19.2 Å². The monoisotopic (exact) mass is 279 g/mol. The fourth-order valence-electron chi connectivity index (χ4n) is 2.45. The topological polar surface area (TPSA) is 31.4 Å². The van der Waals surface area contributed by atoms with Gasteiger partial charge in [-0.2, -0.15) is 0 Å². The second kappa shape index (κ2) is 5.44. The average molecular weight is 279 g/mol. The van der Waals surface area contributed by atoms with Gasteiger partial charge in [-0.3, -0.25) is 4.98 Å². The third kappa shape index (κ3) is 2.55. The Morgan fingerprint density at radius 2 is 1.48 bits per heavy atom. The zero-order valence-electron chi connectivity index (χ0n) is 12.4. The van der Waals surface area contributed by atoms with Crippen LogP contribution >= 0.6 is 0 Å². The first-order valence-corrected chi connectivity index (χ1v) is 6.81. The lowest BCUT2D eigenvalue weighted by Crippen LogP contribution is -1.91. The molecule has 3 nitrogen and oxygen atoms in total. The third-order valence-electron chi connectivity index (χ3n) is 3.61. The van der Waals surface area contributed by atoms with Crippen molar-refractivity contribution in [3.8, 4) is 22.8 Å². The summed E-state index contributed by atoms with van der Waals surface area (Å²) < 4.78 is 10.5. The van der Waals surface area contributed by atoms with Crippen LogP contribution < -0.4 is 9.47 Å². The highest BCUT2D eigenvalue weighted by Gasteiger charge is 2.06. The van der Waals surface area contributed by atoms with E-state index in [4.69, 9.17) is 14.5 Å². The van der Waals surface area contributed by atoms with Crippen molar-refractivity contribution >= 4 is 10.8 Å². The van der Waals surface area contributed by atoms with Crippen LogP contribution in [0.5, 0.6) is 11.5 Å². The summed E-state index contributed by atoms with van der Waals surface area (Å²) in [6.45, 7) is 2.03. The summed E-state index contributed by atoms with van der Waals surface area (Å²) in [5.74, 6) is 1.70. The minimum Gasteiger partial charge on any atom is -0.497 e. The van der Waals surface area contributed by atoms with Crippen molar-refractivity contribution in [1.82, 2.24) is 4.98 Å². The summed E-state index contributed by atoms with van der Waals surface area (Å²) in [5.41, 5.74) is 3.04. The van der Waals surface area contributed by atoms with Crippen molar-refractivity contribution in [1.29, 1.82) is 0 Å². The van der Waals surface area contributed by atoms with Crippen LogP contribution in [0.25, 0.3) is 22.0 Å². The van der Waals surface area contributed by atoms with E-state index in [9.17, 15) is 0 Å². The fourth-order valence-corrected chi connectivity index (χ4v) is 2.45. The predicted molar refractivity (Wildman–Crippen MR) is 85.0 cm³/mol. The molecule has 0 atom stereocenters. The van der Waals surface area contributed by atoms with Crippen LogP contribution in [0.15, 0.2) is 48.5 Å². The van der Waals surface area contributed by atoms with E-state index in [0.29, 0.717) is 0 Å². The Balaban J connectivity index is 2.13. The lowest BCUT2D eigenvalue weighted by atomic mass is 10.0. The minimum absolute atomic E-state index is 0.845. The Morgan fingerprint density at radius 1 is 0.810 bits per heavy atom. The molecule has 0 N–H and O–H groups in total. The molecule has 0 aliphatic heterocycles. The van der Waals surface area contributed by atoms with Gasteiger partial charge in [0.15, 0.2) is 0 Å². The third-order valence-corrected chi connectivity index (χ3v) is 3.61. The summed E-state index contributed by atoms with van der Waals surface area (Å²) in [7, 11) is 3.35. The van der Waals surface area contributed by atoms with Crippen molar-refractivity contribution in [3.63, 3.8) is 0 Å². The normalized spacial score (nSPS) is 10.6. The Morgan fingerprint density at radius 3 is 2.14 bits per heavy atom. The summed E-state index contributed by atoms with van der Waals surface area (Å²) >= 11 is 0. The van der Waals surface area contributed by atoms with Gasteiger partial charge in [0.05, 0.1) is 19.9 Å². The zero-order valence-corrected chi connectivity index (χ0v) is 12.4. The molecule has 3 aromatic rings. The van der Waals surface area contributed by atoms with E-state index in [-0.39, 0.29) is 0 Å². The van der Waals surface area contributed by atoms with Gasteiger partial charge in [0.2, 0.25) is 0 Å². The summed E-state index contributed by atoms with van der Waals surface area (Å²) in [4.78, 5) is 4.70. The van der Waals surface area contributed by atoms with Gasteiger partial charge in [-0.05, 0) is 60.8 Å². The van der Waals surface area contributed by atoms with Gasteiger partial charge in [-0.25, -0.2) is 0 Å². The number of hydrogen-bond acceptors (Lipinski definition) is 3. The molecule has 0 radical (unpaired) electrons. The first-order chi connectivity index (χ1) is 10.2. The number of aryl methyl sites for hydroxylation is 1. The predicted octanol–water partition coefficient (Wildman–Crippen LogP) is 4.23. The van der Waals surface area contributed by atoms with Gasteiger partial charge in [0.1, 0.15) is 11.5 Å². The number of pyridine rings is 1. The Kier molecular flexibility index (Phi) is 3.48.